The van der Waals surface area contributed by atoms with E-state index < -0.39 is 0 Å². The van der Waals surface area contributed by atoms with Gasteiger partial charge < -0.3 is 20.3 Å². The van der Waals surface area contributed by atoms with Crippen LogP contribution in [0.5, 0.6) is 0 Å². The topological polar surface area (TPSA) is 36.5 Å². The van der Waals surface area contributed by atoms with Gasteiger partial charge in [-0.25, -0.2) is 0 Å². The van der Waals surface area contributed by atoms with E-state index in [0.29, 0.717) is 24.1 Å². The van der Waals surface area contributed by atoms with Crippen molar-refractivity contribution in [3.05, 3.63) is 24.0 Å². The predicted molar refractivity (Wildman–Crippen MR) is 72.1 cm³/mol. The summed E-state index contributed by atoms with van der Waals surface area (Å²) in [6.07, 6.45) is 7.08. The summed E-state index contributed by atoms with van der Waals surface area (Å²) >= 11 is 0. The molecule has 0 aromatic carbocycles. The fourth-order valence-corrected chi connectivity index (χ4v) is 2.99. The third kappa shape index (κ3) is 2.15. The van der Waals surface area contributed by atoms with Crippen LogP contribution < -0.4 is 10.6 Å². The van der Waals surface area contributed by atoms with Gasteiger partial charge in [0.05, 0.1) is 24.4 Å². The van der Waals surface area contributed by atoms with E-state index in [4.69, 9.17) is 4.74 Å². The van der Waals surface area contributed by atoms with Crippen LogP contribution in [0.2, 0.25) is 0 Å². The Hall–Kier alpha value is -1.00. The highest BCUT2D eigenvalue weighted by Gasteiger charge is 2.36. The van der Waals surface area contributed by atoms with E-state index in [2.05, 4.69) is 47.7 Å². The van der Waals surface area contributed by atoms with Crippen LogP contribution >= 0.6 is 0 Å². The second-order valence-corrected chi connectivity index (χ2v) is 5.69. The largest absolute Gasteiger partial charge is 0.383 e. The molecule has 4 nitrogen and oxygen atoms in total. The molecule has 0 aromatic heterocycles. The highest BCUT2D eigenvalue weighted by atomic mass is 16.5. The third-order valence-corrected chi connectivity index (χ3v) is 4.14. The number of hydrogen-bond donors (Lipinski definition) is 2. The number of nitrogens with zero attached hydrogens (tertiary/aromatic N) is 1. The van der Waals surface area contributed by atoms with Gasteiger partial charge in [-0.05, 0) is 12.0 Å². The van der Waals surface area contributed by atoms with Gasteiger partial charge in [0.25, 0.3) is 0 Å². The molecule has 0 bridgehead atoms. The van der Waals surface area contributed by atoms with Gasteiger partial charge in [0, 0.05) is 31.9 Å². The van der Waals surface area contributed by atoms with Crippen molar-refractivity contribution >= 4 is 0 Å². The van der Waals surface area contributed by atoms with Gasteiger partial charge in [0.2, 0.25) is 0 Å². The number of allylic oxidation sites excluding steroid dienone is 1. The van der Waals surface area contributed by atoms with Gasteiger partial charge in [-0.1, -0.05) is 19.9 Å². The van der Waals surface area contributed by atoms with Crippen molar-refractivity contribution < 1.29 is 4.74 Å². The second kappa shape index (κ2) is 4.94. The molecular formula is C14H23N3O. The maximum absolute atomic E-state index is 5.81. The Morgan fingerprint density at radius 2 is 2.28 bits per heavy atom. The lowest BCUT2D eigenvalue weighted by molar-refractivity contribution is -0.0319. The minimum absolute atomic E-state index is 0.357. The molecule has 2 fully saturated rings. The number of morpholine rings is 1. The monoisotopic (exact) mass is 249 g/mol. The molecule has 3 aliphatic rings. The highest BCUT2D eigenvalue weighted by Crippen LogP contribution is 2.24. The molecule has 0 spiro atoms. The molecule has 0 aliphatic carbocycles. The summed E-state index contributed by atoms with van der Waals surface area (Å²) in [6, 6.07) is 0.958. The van der Waals surface area contributed by atoms with E-state index in [0.717, 1.165) is 26.2 Å². The van der Waals surface area contributed by atoms with Crippen LogP contribution in [0.3, 0.4) is 0 Å². The molecule has 0 radical (unpaired) electrons. The van der Waals surface area contributed by atoms with Crippen molar-refractivity contribution in [3.8, 4) is 0 Å². The van der Waals surface area contributed by atoms with E-state index in [-0.39, 0.29) is 0 Å². The van der Waals surface area contributed by atoms with Gasteiger partial charge >= 0.3 is 0 Å². The van der Waals surface area contributed by atoms with Crippen LogP contribution in [0.1, 0.15) is 13.8 Å². The maximum Gasteiger partial charge on any atom is 0.0915 e. The molecule has 3 aliphatic heterocycles. The Morgan fingerprint density at radius 1 is 1.39 bits per heavy atom. The average Bonchev–Trinajstić information content (AvgIpc) is 2.87. The Bertz CT molecular complexity index is 364. The predicted octanol–water partition coefficient (Wildman–Crippen LogP) is 0.684. The molecule has 0 saturated carbocycles. The van der Waals surface area contributed by atoms with Gasteiger partial charge in [0.1, 0.15) is 0 Å². The zero-order valence-electron chi connectivity index (χ0n) is 11.2. The average molecular weight is 249 g/mol. The van der Waals surface area contributed by atoms with Crippen LogP contribution in [0.15, 0.2) is 24.0 Å². The van der Waals surface area contributed by atoms with Crippen LogP contribution in [0.4, 0.5) is 0 Å². The summed E-state index contributed by atoms with van der Waals surface area (Å²) in [4.78, 5) is 2.48. The van der Waals surface area contributed by atoms with Crippen molar-refractivity contribution in [3.63, 3.8) is 0 Å². The number of hydrogen-bond acceptors (Lipinski definition) is 4. The number of rotatable bonds is 2. The highest BCUT2D eigenvalue weighted by molar-refractivity contribution is 5.25. The molecule has 0 amide bonds. The molecule has 18 heavy (non-hydrogen) atoms. The standard InChI is InChI=1S/C14H23N3O/c1-10(2)12-4-3-11(7-16-12)17-5-6-18-14-9-15-8-13(14)17/h3-4,7,10,12-16H,5-6,8-9H2,1-2H3/t12?,13-,14-/m0/s1. The molecule has 0 aromatic rings. The SMILES string of the molecule is CC(C)C1C=CC(N2CCO[C@H]3CNC[C@@H]32)=CN1. The van der Waals surface area contributed by atoms with E-state index in [1.807, 2.05) is 0 Å². The number of nitrogens with one attached hydrogen (secondary N) is 2. The molecule has 3 heterocycles. The summed E-state index contributed by atoms with van der Waals surface area (Å²) in [7, 11) is 0. The van der Waals surface area contributed by atoms with Crippen molar-refractivity contribution in [1.29, 1.82) is 0 Å². The van der Waals surface area contributed by atoms with Gasteiger partial charge in [-0.3, -0.25) is 0 Å². The summed E-state index contributed by atoms with van der Waals surface area (Å²) < 4.78 is 5.81. The smallest absolute Gasteiger partial charge is 0.0915 e. The van der Waals surface area contributed by atoms with E-state index in [1.165, 1.54) is 5.70 Å². The molecule has 4 heteroatoms. The molecular weight excluding hydrogens is 226 g/mol. The van der Waals surface area contributed by atoms with Crippen LogP contribution in [0.25, 0.3) is 0 Å². The quantitative estimate of drug-likeness (QED) is 0.755. The summed E-state index contributed by atoms with van der Waals surface area (Å²) in [5.74, 6) is 0.629. The first-order chi connectivity index (χ1) is 8.75. The number of dihydropyridines is 1. The zero-order chi connectivity index (χ0) is 12.5. The summed E-state index contributed by atoms with van der Waals surface area (Å²) in [6.45, 7) is 8.33. The fraction of sp³-hybridized carbons (Fsp3) is 0.714. The lowest BCUT2D eigenvalue weighted by atomic mass is 10.0. The molecule has 3 atom stereocenters. The molecule has 3 rings (SSSR count). The summed E-state index contributed by atoms with van der Waals surface area (Å²) in [5.41, 5.74) is 1.30. The normalized spacial score (nSPS) is 35.4. The van der Waals surface area contributed by atoms with Crippen molar-refractivity contribution in [2.45, 2.75) is 32.0 Å². The van der Waals surface area contributed by atoms with E-state index >= 15 is 0 Å². The molecule has 2 saturated heterocycles. The molecule has 2 N–H and O–H groups in total. The Balaban J connectivity index is 1.70. The first-order valence-electron chi connectivity index (χ1n) is 6.99. The van der Waals surface area contributed by atoms with Crippen molar-refractivity contribution in [2.24, 2.45) is 5.92 Å². The lowest BCUT2D eigenvalue weighted by Crippen LogP contribution is -2.50. The van der Waals surface area contributed by atoms with Crippen LogP contribution in [-0.2, 0) is 4.74 Å². The third-order valence-electron chi connectivity index (χ3n) is 4.14. The molecule has 1 unspecified atom stereocenters. The van der Waals surface area contributed by atoms with Crippen molar-refractivity contribution in [1.82, 2.24) is 15.5 Å². The fourth-order valence-electron chi connectivity index (χ4n) is 2.99. The van der Waals surface area contributed by atoms with Crippen LogP contribution in [0, 0.1) is 5.92 Å². The first kappa shape index (κ1) is 12.1. The minimum Gasteiger partial charge on any atom is -0.383 e. The van der Waals surface area contributed by atoms with Crippen LogP contribution in [-0.4, -0.2) is 49.3 Å². The second-order valence-electron chi connectivity index (χ2n) is 5.69. The lowest BCUT2D eigenvalue weighted by Gasteiger charge is -2.40. The zero-order valence-corrected chi connectivity index (χ0v) is 11.2. The minimum atomic E-state index is 0.357. The van der Waals surface area contributed by atoms with Gasteiger partial charge in [-0.2, -0.15) is 0 Å². The Morgan fingerprint density at radius 3 is 3.00 bits per heavy atom. The van der Waals surface area contributed by atoms with Gasteiger partial charge in [0.15, 0.2) is 0 Å². The van der Waals surface area contributed by atoms with E-state index in [9.17, 15) is 0 Å². The van der Waals surface area contributed by atoms with Crippen molar-refractivity contribution in [2.75, 3.05) is 26.2 Å². The number of ether oxygens (including phenoxy) is 1. The summed E-state index contributed by atoms with van der Waals surface area (Å²) in [5, 5.41) is 6.92. The van der Waals surface area contributed by atoms with Gasteiger partial charge in [-0.15, -0.1) is 0 Å². The first-order valence-corrected chi connectivity index (χ1v) is 6.99. The maximum atomic E-state index is 5.81. The van der Waals surface area contributed by atoms with E-state index in [1.54, 1.807) is 0 Å². The Labute approximate surface area is 109 Å². The Kier molecular flexibility index (Phi) is 3.31. The molecule has 100 valence electrons. The number of fused-ring (bicyclic) bond motifs is 1.